The molecule has 0 amide bonds. The summed E-state index contributed by atoms with van der Waals surface area (Å²) < 4.78 is 0. The van der Waals surface area contributed by atoms with Crippen LogP contribution in [0.5, 0.6) is 0 Å². The number of benzene rings is 1. The highest BCUT2D eigenvalue weighted by Gasteiger charge is 1.89. The number of hydrogen-bond donors (Lipinski definition) is 1. The Morgan fingerprint density at radius 3 is 2.38 bits per heavy atom. The number of halogens is 1. The van der Waals surface area contributed by atoms with Gasteiger partial charge in [0.25, 0.3) is 0 Å². The summed E-state index contributed by atoms with van der Waals surface area (Å²) in [5.74, 6) is 0. The molecule has 0 spiro atoms. The molecule has 0 unspecified atom stereocenters. The monoisotopic (exact) mass is 239 g/mol. The zero-order valence-corrected chi connectivity index (χ0v) is 10.8. The van der Waals surface area contributed by atoms with Crippen molar-refractivity contribution in [3.63, 3.8) is 0 Å². The van der Waals surface area contributed by atoms with Crippen molar-refractivity contribution in [3.05, 3.63) is 41.5 Å². The molecule has 0 heterocycles. The first-order valence-corrected chi connectivity index (χ1v) is 5.82. The Labute approximate surface area is 105 Å². The Kier molecular flexibility index (Phi) is 8.97. The summed E-state index contributed by atoms with van der Waals surface area (Å²) in [6, 6.07) is 8.43. The Hall–Kier alpha value is -0.790. The van der Waals surface area contributed by atoms with Crippen LogP contribution in [0, 0.1) is 0 Å². The lowest BCUT2D eigenvalue weighted by molar-refractivity contribution is 0.730. The Morgan fingerprint density at radius 2 is 1.81 bits per heavy atom. The summed E-state index contributed by atoms with van der Waals surface area (Å²) in [6.07, 6.45) is 9.55. The fraction of sp³-hybridized carbons (Fsp3) is 0.429. The number of nitrogens with two attached hydrogens (primary N) is 1. The minimum absolute atomic E-state index is 0. The van der Waals surface area contributed by atoms with Crippen molar-refractivity contribution >= 4 is 18.5 Å². The van der Waals surface area contributed by atoms with Gasteiger partial charge in [0.1, 0.15) is 0 Å². The van der Waals surface area contributed by atoms with Gasteiger partial charge in [-0.25, -0.2) is 0 Å². The van der Waals surface area contributed by atoms with Crippen LogP contribution in [0.2, 0.25) is 0 Å². The van der Waals surface area contributed by atoms with Gasteiger partial charge in [0.2, 0.25) is 0 Å². The minimum atomic E-state index is 0. The maximum Gasteiger partial charge on any atom is 0.0178 e. The summed E-state index contributed by atoms with van der Waals surface area (Å²) in [7, 11) is 0. The molecule has 16 heavy (non-hydrogen) atoms. The van der Waals surface area contributed by atoms with Crippen molar-refractivity contribution in [2.24, 2.45) is 5.73 Å². The van der Waals surface area contributed by atoms with Crippen LogP contribution in [0.15, 0.2) is 30.3 Å². The van der Waals surface area contributed by atoms with E-state index in [4.69, 9.17) is 5.73 Å². The fourth-order valence-corrected chi connectivity index (χ4v) is 1.50. The first-order chi connectivity index (χ1) is 7.36. The molecule has 0 aliphatic carbocycles. The molecule has 2 N–H and O–H groups in total. The summed E-state index contributed by atoms with van der Waals surface area (Å²) in [6.45, 7) is 2.86. The van der Waals surface area contributed by atoms with Crippen LogP contribution in [0.25, 0.3) is 6.08 Å². The average Bonchev–Trinajstić information content (AvgIpc) is 2.30. The normalized spacial score (nSPS) is 10.4. The largest absolute Gasteiger partial charge is 0.326 e. The van der Waals surface area contributed by atoms with Crippen LogP contribution in [0.4, 0.5) is 0 Å². The average molecular weight is 240 g/mol. The van der Waals surface area contributed by atoms with E-state index in [2.05, 4.69) is 43.3 Å². The third kappa shape index (κ3) is 5.94. The van der Waals surface area contributed by atoms with Gasteiger partial charge in [0, 0.05) is 6.54 Å². The van der Waals surface area contributed by atoms with Crippen molar-refractivity contribution in [1.82, 2.24) is 0 Å². The molecule has 0 fully saturated rings. The first kappa shape index (κ1) is 15.2. The maximum atomic E-state index is 5.54. The van der Waals surface area contributed by atoms with Crippen LogP contribution < -0.4 is 5.73 Å². The third-order valence-electron chi connectivity index (χ3n) is 2.50. The Bertz CT molecular complexity index is 290. The van der Waals surface area contributed by atoms with Gasteiger partial charge in [-0.05, 0) is 24.0 Å². The van der Waals surface area contributed by atoms with Gasteiger partial charge in [0.15, 0.2) is 0 Å². The zero-order chi connectivity index (χ0) is 10.9. The fourth-order valence-electron chi connectivity index (χ4n) is 1.50. The highest BCUT2D eigenvalue weighted by Crippen LogP contribution is 2.07. The highest BCUT2D eigenvalue weighted by atomic mass is 35.5. The quantitative estimate of drug-likeness (QED) is 0.742. The van der Waals surface area contributed by atoms with Gasteiger partial charge >= 0.3 is 0 Å². The van der Waals surface area contributed by atoms with Crippen LogP contribution in [-0.4, -0.2) is 0 Å². The summed E-state index contributed by atoms with van der Waals surface area (Å²) >= 11 is 0. The Morgan fingerprint density at radius 1 is 1.12 bits per heavy atom. The zero-order valence-electron chi connectivity index (χ0n) is 9.99. The predicted molar refractivity (Wildman–Crippen MR) is 74.8 cm³/mol. The molecule has 1 aromatic carbocycles. The van der Waals surface area contributed by atoms with E-state index in [0.717, 1.165) is 0 Å². The van der Waals surface area contributed by atoms with E-state index in [-0.39, 0.29) is 12.4 Å². The van der Waals surface area contributed by atoms with Crippen molar-refractivity contribution in [2.45, 2.75) is 39.2 Å². The molecule has 0 saturated heterocycles. The summed E-state index contributed by atoms with van der Waals surface area (Å²) in [4.78, 5) is 0. The number of rotatable bonds is 6. The van der Waals surface area contributed by atoms with Gasteiger partial charge in [-0.1, -0.05) is 56.2 Å². The van der Waals surface area contributed by atoms with Gasteiger partial charge in [-0.15, -0.1) is 12.4 Å². The van der Waals surface area contributed by atoms with Gasteiger partial charge in [-0.2, -0.15) is 0 Å². The third-order valence-corrected chi connectivity index (χ3v) is 2.50. The highest BCUT2D eigenvalue weighted by molar-refractivity contribution is 5.85. The molecule has 0 bridgehead atoms. The smallest absolute Gasteiger partial charge is 0.0178 e. The molecule has 1 nitrogen and oxygen atoms in total. The van der Waals surface area contributed by atoms with Crippen LogP contribution in [-0.2, 0) is 6.54 Å². The molecule has 1 rings (SSSR count). The van der Waals surface area contributed by atoms with E-state index >= 15 is 0 Å². The van der Waals surface area contributed by atoms with Crippen molar-refractivity contribution in [2.75, 3.05) is 0 Å². The molecule has 1 aromatic rings. The topological polar surface area (TPSA) is 26.0 Å². The van der Waals surface area contributed by atoms with Gasteiger partial charge in [-0.3, -0.25) is 0 Å². The summed E-state index contributed by atoms with van der Waals surface area (Å²) in [5, 5.41) is 0. The molecule has 90 valence electrons. The standard InChI is InChI=1S/C14H21N.ClH/c1-2-3-4-5-6-7-13-8-10-14(12-15)11-9-13;/h6-11H,2-5,12,15H2,1H3;1H/b7-6-;. The van der Waals surface area contributed by atoms with Crippen molar-refractivity contribution in [1.29, 1.82) is 0 Å². The van der Waals surface area contributed by atoms with Gasteiger partial charge < -0.3 is 5.73 Å². The lowest BCUT2D eigenvalue weighted by Gasteiger charge is -1.97. The van der Waals surface area contributed by atoms with E-state index in [1.165, 1.54) is 36.8 Å². The first-order valence-electron chi connectivity index (χ1n) is 5.82. The number of unbranched alkanes of at least 4 members (excludes halogenated alkanes) is 3. The van der Waals surface area contributed by atoms with Crippen LogP contribution in [0.3, 0.4) is 0 Å². The van der Waals surface area contributed by atoms with Crippen LogP contribution in [0.1, 0.15) is 43.7 Å². The second-order valence-electron chi connectivity index (χ2n) is 3.84. The lowest BCUT2D eigenvalue weighted by Crippen LogP contribution is -1.94. The molecular weight excluding hydrogens is 218 g/mol. The maximum absolute atomic E-state index is 5.54. The molecule has 0 saturated carbocycles. The summed E-state index contributed by atoms with van der Waals surface area (Å²) in [5.41, 5.74) is 8.00. The molecule has 0 radical (unpaired) electrons. The van der Waals surface area contributed by atoms with Crippen LogP contribution >= 0.6 is 12.4 Å². The second-order valence-corrected chi connectivity index (χ2v) is 3.84. The SMILES string of the molecule is CCCCC/C=C\c1ccc(CN)cc1.Cl. The molecule has 0 aromatic heterocycles. The van der Waals surface area contributed by atoms with E-state index in [1.807, 2.05) is 0 Å². The van der Waals surface area contributed by atoms with Crippen molar-refractivity contribution in [3.8, 4) is 0 Å². The van der Waals surface area contributed by atoms with E-state index in [0.29, 0.717) is 6.54 Å². The van der Waals surface area contributed by atoms with E-state index in [9.17, 15) is 0 Å². The molecule has 0 atom stereocenters. The molecule has 2 heteroatoms. The van der Waals surface area contributed by atoms with Gasteiger partial charge in [0.05, 0.1) is 0 Å². The second kappa shape index (κ2) is 9.44. The predicted octanol–water partition coefficient (Wildman–Crippen LogP) is 4.16. The van der Waals surface area contributed by atoms with Crippen molar-refractivity contribution < 1.29 is 0 Å². The minimum Gasteiger partial charge on any atom is -0.326 e. The number of allylic oxidation sites excluding steroid dienone is 1. The van der Waals surface area contributed by atoms with E-state index < -0.39 is 0 Å². The molecule has 0 aliphatic heterocycles. The number of hydrogen-bond acceptors (Lipinski definition) is 1. The van der Waals surface area contributed by atoms with E-state index in [1.54, 1.807) is 0 Å². The lowest BCUT2D eigenvalue weighted by atomic mass is 10.1. The Balaban J connectivity index is 0.00000225. The molecular formula is C14H22ClN. The molecule has 0 aliphatic rings.